The Morgan fingerprint density at radius 2 is 2.24 bits per heavy atom. The fourth-order valence-electron chi connectivity index (χ4n) is 1.31. The molecule has 0 aromatic heterocycles. The van der Waals surface area contributed by atoms with Crippen LogP contribution in [-0.2, 0) is 0 Å². The molecule has 0 saturated heterocycles. The molecule has 0 heterocycles. The predicted molar refractivity (Wildman–Crippen MR) is 60.3 cm³/mol. The van der Waals surface area contributed by atoms with Crippen LogP contribution in [0.5, 0.6) is 0 Å². The van der Waals surface area contributed by atoms with E-state index < -0.39 is 10.8 Å². The summed E-state index contributed by atoms with van der Waals surface area (Å²) in [6.07, 6.45) is 0.159. The maximum absolute atomic E-state index is 11.7. The van der Waals surface area contributed by atoms with Gasteiger partial charge in [0.2, 0.25) is 0 Å². The first-order valence-corrected chi connectivity index (χ1v) is 4.97. The Morgan fingerprint density at radius 1 is 1.59 bits per heavy atom. The van der Waals surface area contributed by atoms with E-state index in [1.807, 2.05) is 6.07 Å². The van der Waals surface area contributed by atoms with Crippen molar-refractivity contribution < 1.29 is 9.72 Å². The van der Waals surface area contributed by atoms with E-state index in [1.165, 1.54) is 18.2 Å². The zero-order chi connectivity index (χ0) is 12.8. The number of hydrogen-bond acceptors (Lipinski definition) is 4. The number of hydrogen-bond donors (Lipinski definition) is 1. The lowest BCUT2D eigenvalue weighted by molar-refractivity contribution is -0.385. The molecule has 6 heteroatoms. The van der Waals surface area contributed by atoms with Crippen LogP contribution in [0.4, 0.5) is 5.69 Å². The van der Waals surface area contributed by atoms with Crippen molar-refractivity contribution in [3.63, 3.8) is 0 Å². The highest BCUT2D eigenvalue weighted by Crippen LogP contribution is 2.17. The smallest absolute Gasteiger partial charge is 0.282 e. The highest BCUT2D eigenvalue weighted by Gasteiger charge is 2.19. The van der Waals surface area contributed by atoms with E-state index in [4.69, 9.17) is 5.26 Å². The van der Waals surface area contributed by atoms with Crippen molar-refractivity contribution in [3.8, 4) is 6.07 Å². The summed E-state index contributed by atoms with van der Waals surface area (Å²) in [5, 5.41) is 21.7. The van der Waals surface area contributed by atoms with Gasteiger partial charge in [0.1, 0.15) is 5.56 Å². The average molecular weight is 233 g/mol. The Labute approximate surface area is 98.0 Å². The Bertz CT molecular complexity index is 479. The van der Waals surface area contributed by atoms with Gasteiger partial charge in [0.15, 0.2) is 0 Å². The lowest BCUT2D eigenvalue weighted by atomic mass is 10.1. The summed E-state index contributed by atoms with van der Waals surface area (Å²) in [5.74, 6) is -0.542. The van der Waals surface area contributed by atoms with E-state index in [9.17, 15) is 14.9 Å². The number of para-hydroxylation sites is 1. The summed E-state index contributed by atoms with van der Waals surface area (Å²) in [4.78, 5) is 21.8. The molecule has 0 spiro atoms. The minimum absolute atomic E-state index is 0.00212. The Balaban J connectivity index is 2.90. The fraction of sp³-hybridized carbons (Fsp3) is 0.273. The first-order chi connectivity index (χ1) is 8.06. The monoisotopic (exact) mass is 233 g/mol. The van der Waals surface area contributed by atoms with E-state index in [2.05, 4.69) is 5.32 Å². The molecule has 88 valence electrons. The topological polar surface area (TPSA) is 96.0 Å². The minimum atomic E-state index is -0.607. The van der Waals surface area contributed by atoms with Crippen LogP contribution in [0.1, 0.15) is 23.7 Å². The first-order valence-electron chi connectivity index (χ1n) is 4.97. The molecule has 0 aliphatic heterocycles. The van der Waals surface area contributed by atoms with Crippen LogP contribution in [-0.4, -0.2) is 16.9 Å². The number of carbonyl (C=O) groups is 1. The number of nitrogens with one attached hydrogen (secondary N) is 1. The summed E-state index contributed by atoms with van der Waals surface area (Å²) in [7, 11) is 0. The van der Waals surface area contributed by atoms with Crippen molar-refractivity contribution in [2.24, 2.45) is 0 Å². The fourth-order valence-corrected chi connectivity index (χ4v) is 1.31. The van der Waals surface area contributed by atoms with Crippen molar-refractivity contribution >= 4 is 11.6 Å². The van der Waals surface area contributed by atoms with E-state index in [0.717, 1.165) is 0 Å². The van der Waals surface area contributed by atoms with E-state index in [-0.39, 0.29) is 23.7 Å². The molecule has 1 aromatic carbocycles. The van der Waals surface area contributed by atoms with Crippen LogP contribution in [0.25, 0.3) is 0 Å². The third-order valence-electron chi connectivity index (χ3n) is 2.12. The second kappa shape index (κ2) is 5.61. The van der Waals surface area contributed by atoms with Gasteiger partial charge in [-0.2, -0.15) is 5.26 Å². The van der Waals surface area contributed by atoms with Crippen LogP contribution in [0.3, 0.4) is 0 Å². The first kappa shape index (κ1) is 12.6. The van der Waals surface area contributed by atoms with Gasteiger partial charge in [-0.3, -0.25) is 14.9 Å². The average Bonchev–Trinajstić information content (AvgIpc) is 2.29. The highest BCUT2D eigenvalue weighted by atomic mass is 16.6. The van der Waals surface area contributed by atoms with Crippen molar-refractivity contribution in [1.29, 1.82) is 5.26 Å². The molecule has 1 amide bonds. The third-order valence-corrected chi connectivity index (χ3v) is 2.12. The molecular weight excluding hydrogens is 222 g/mol. The second-order valence-corrected chi connectivity index (χ2v) is 3.51. The number of nitro groups is 1. The molecule has 1 unspecified atom stereocenters. The molecular formula is C11H11N3O3. The second-order valence-electron chi connectivity index (χ2n) is 3.51. The van der Waals surface area contributed by atoms with E-state index >= 15 is 0 Å². The van der Waals surface area contributed by atoms with Gasteiger partial charge in [-0.25, -0.2) is 0 Å². The van der Waals surface area contributed by atoms with Crippen molar-refractivity contribution in [2.45, 2.75) is 19.4 Å². The Kier molecular flexibility index (Phi) is 4.17. The van der Waals surface area contributed by atoms with Crippen LogP contribution in [0, 0.1) is 21.4 Å². The molecule has 0 bridgehead atoms. The summed E-state index contributed by atoms with van der Waals surface area (Å²) in [6.45, 7) is 1.66. The van der Waals surface area contributed by atoms with Crippen molar-refractivity contribution in [1.82, 2.24) is 5.32 Å². The van der Waals surface area contributed by atoms with Gasteiger partial charge in [0, 0.05) is 12.1 Å². The summed E-state index contributed by atoms with van der Waals surface area (Å²) in [5.41, 5.74) is -0.239. The van der Waals surface area contributed by atoms with Crippen LogP contribution >= 0.6 is 0 Å². The van der Waals surface area contributed by atoms with Gasteiger partial charge < -0.3 is 5.32 Å². The van der Waals surface area contributed by atoms with Crippen LogP contribution < -0.4 is 5.32 Å². The van der Waals surface area contributed by atoms with Crippen molar-refractivity contribution in [3.05, 3.63) is 39.9 Å². The molecule has 6 nitrogen and oxygen atoms in total. The van der Waals surface area contributed by atoms with Gasteiger partial charge in [0.25, 0.3) is 11.6 Å². The summed E-state index contributed by atoms with van der Waals surface area (Å²) < 4.78 is 0. The van der Waals surface area contributed by atoms with Crippen LogP contribution in [0.15, 0.2) is 24.3 Å². The predicted octanol–water partition coefficient (Wildman–Crippen LogP) is 1.63. The standard InChI is InChI=1S/C11H11N3O3/c1-8(6-7-12)13-11(15)9-4-2-3-5-10(9)14(16)17/h2-5,8H,6H2,1H3,(H,13,15). The largest absolute Gasteiger partial charge is 0.348 e. The van der Waals surface area contributed by atoms with Crippen molar-refractivity contribution in [2.75, 3.05) is 0 Å². The lowest BCUT2D eigenvalue weighted by Gasteiger charge is -2.10. The summed E-state index contributed by atoms with van der Waals surface area (Å²) in [6, 6.07) is 7.27. The quantitative estimate of drug-likeness (QED) is 0.631. The number of nitro benzene ring substituents is 1. The summed E-state index contributed by atoms with van der Waals surface area (Å²) >= 11 is 0. The van der Waals surface area contributed by atoms with E-state index in [0.29, 0.717) is 0 Å². The molecule has 0 saturated carbocycles. The number of benzene rings is 1. The molecule has 1 aromatic rings. The van der Waals surface area contributed by atoms with Gasteiger partial charge in [0.05, 0.1) is 17.4 Å². The Morgan fingerprint density at radius 3 is 2.82 bits per heavy atom. The number of nitriles is 1. The third kappa shape index (κ3) is 3.28. The zero-order valence-electron chi connectivity index (χ0n) is 9.21. The molecule has 0 aliphatic rings. The number of amides is 1. The lowest BCUT2D eigenvalue weighted by Crippen LogP contribution is -2.32. The number of rotatable bonds is 4. The minimum Gasteiger partial charge on any atom is -0.348 e. The molecule has 1 N–H and O–H groups in total. The molecule has 0 radical (unpaired) electrons. The normalized spacial score (nSPS) is 11.3. The number of carbonyl (C=O) groups excluding carboxylic acids is 1. The highest BCUT2D eigenvalue weighted by molar-refractivity contribution is 5.98. The molecule has 17 heavy (non-hydrogen) atoms. The van der Waals surface area contributed by atoms with Gasteiger partial charge in [-0.05, 0) is 13.0 Å². The van der Waals surface area contributed by atoms with Gasteiger partial charge in [-0.1, -0.05) is 12.1 Å². The Hall–Kier alpha value is -2.42. The maximum atomic E-state index is 11.7. The molecule has 1 rings (SSSR count). The maximum Gasteiger partial charge on any atom is 0.282 e. The van der Waals surface area contributed by atoms with Gasteiger partial charge >= 0.3 is 0 Å². The van der Waals surface area contributed by atoms with Gasteiger partial charge in [-0.15, -0.1) is 0 Å². The SMILES string of the molecule is CC(CC#N)NC(=O)c1ccccc1[N+](=O)[O-]. The van der Waals surface area contributed by atoms with Crippen LogP contribution in [0.2, 0.25) is 0 Å². The molecule has 0 aliphatic carbocycles. The zero-order valence-corrected chi connectivity index (χ0v) is 9.21. The number of nitrogens with zero attached hydrogens (tertiary/aromatic N) is 2. The molecule has 0 fully saturated rings. The molecule has 1 atom stereocenters. The van der Waals surface area contributed by atoms with E-state index in [1.54, 1.807) is 13.0 Å².